The highest BCUT2D eigenvalue weighted by molar-refractivity contribution is 7.89. The monoisotopic (exact) mass is 500 g/mol. The Balaban J connectivity index is 1.47. The third kappa shape index (κ3) is 4.73. The van der Waals surface area contributed by atoms with Crippen LogP contribution in [0.15, 0.2) is 108 Å². The summed E-state index contributed by atoms with van der Waals surface area (Å²) in [5, 5.41) is 13.4. The van der Waals surface area contributed by atoms with E-state index < -0.39 is 16.1 Å². The standard InChI is InChI=1S/C29H28N2O4S/c1-35-24-15-17-25(18-16-24)36(33,34)30(19-22-9-3-2-4-10-22)20-23(32)21-31-28-13-7-5-11-26(28)27-12-6-8-14-29(27)31/h2-18,23,32H,19-21H2,1H3. The Bertz CT molecular complexity index is 1530. The fraction of sp³-hybridized carbons (Fsp3) is 0.172. The summed E-state index contributed by atoms with van der Waals surface area (Å²) >= 11 is 0. The summed E-state index contributed by atoms with van der Waals surface area (Å²) in [5.41, 5.74) is 2.86. The minimum absolute atomic E-state index is 0.0515. The van der Waals surface area contributed by atoms with Crippen molar-refractivity contribution in [1.29, 1.82) is 0 Å². The number of sulfonamides is 1. The summed E-state index contributed by atoms with van der Waals surface area (Å²) in [6, 6.07) is 31.9. The van der Waals surface area contributed by atoms with Gasteiger partial charge >= 0.3 is 0 Å². The molecule has 7 heteroatoms. The number of hydrogen-bond donors (Lipinski definition) is 1. The van der Waals surface area contributed by atoms with Crippen LogP contribution in [0.25, 0.3) is 21.8 Å². The Labute approximate surface area is 211 Å². The normalized spacial score (nSPS) is 12.9. The highest BCUT2D eigenvalue weighted by Gasteiger charge is 2.27. The van der Waals surface area contributed by atoms with Gasteiger partial charge in [-0.05, 0) is 42.0 Å². The van der Waals surface area contributed by atoms with E-state index in [1.165, 1.54) is 23.5 Å². The summed E-state index contributed by atoms with van der Waals surface area (Å²) in [7, 11) is -2.34. The first-order valence-corrected chi connectivity index (χ1v) is 13.2. The van der Waals surface area contributed by atoms with Crippen LogP contribution >= 0.6 is 0 Å². The van der Waals surface area contributed by atoms with E-state index in [4.69, 9.17) is 4.74 Å². The maximum Gasteiger partial charge on any atom is 0.243 e. The Morgan fingerprint density at radius 2 is 1.36 bits per heavy atom. The lowest BCUT2D eigenvalue weighted by molar-refractivity contribution is 0.128. The molecule has 184 valence electrons. The fourth-order valence-corrected chi connectivity index (χ4v) is 6.10. The summed E-state index contributed by atoms with van der Waals surface area (Å²) in [4.78, 5) is 0.156. The molecule has 0 fully saturated rings. The summed E-state index contributed by atoms with van der Waals surface area (Å²) in [6.45, 7) is 0.362. The zero-order valence-electron chi connectivity index (χ0n) is 20.0. The van der Waals surface area contributed by atoms with E-state index >= 15 is 0 Å². The van der Waals surface area contributed by atoms with Crippen LogP contribution in [0, 0.1) is 0 Å². The zero-order chi connectivity index (χ0) is 25.1. The topological polar surface area (TPSA) is 71.8 Å². The summed E-state index contributed by atoms with van der Waals surface area (Å²) in [5.74, 6) is 0.579. The van der Waals surface area contributed by atoms with E-state index in [1.54, 1.807) is 12.1 Å². The van der Waals surface area contributed by atoms with Crippen molar-refractivity contribution in [2.75, 3.05) is 13.7 Å². The van der Waals surface area contributed by atoms with Crippen LogP contribution in [-0.4, -0.2) is 42.2 Å². The van der Waals surface area contributed by atoms with Gasteiger partial charge in [-0.15, -0.1) is 0 Å². The lowest BCUT2D eigenvalue weighted by atomic mass is 10.2. The molecule has 0 saturated carbocycles. The molecule has 4 aromatic carbocycles. The Kier molecular flexibility index (Phi) is 6.78. The molecule has 0 amide bonds. The van der Waals surface area contributed by atoms with Gasteiger partial charge in [0.1, 0.15) is 5.75 Å². The average molecular weight is 501 g/mol. The van der Waals surface area contributed by atoms with Gasteiger partial charge < -0.3 is 14.4 Å². The molecule has 1 aromatic heterocycles. The molecule has 0 aliphatic heterocycles. The molecule has 1 heterocycles. The first-order chi connectivity index (χ1) is 17.5. The van der Waals surface area contributed by atoms with Crippen molar-refractivity contribution in [3.05, 3.63) is 109 Å². The molecule has 0 radical (unpaired) electrons. The Morgan fingerprint density at radius 1 is 0.806 bits per heavy atom. The molecule has 0 bridgehead atoms. The number of aliphatic hydroxyl groups excluding tert-OH is 1. The first kappa shape index (κ1) is 24.1. The van der Waals surface area contributed by atoms with Gasteiger partial charge in [0, 0.05) is 34.9 Å². The molecule has 5 rings (SSSR count). The SMILES string of the molecule is COc1ccc(S(=O)(=O)N(Cc2ccccc2)CC(O)Cn2c3ccccc3c3ccccc32)cc1. The molecule has 6 nitrogen and oxygen atoms in total. The molecule has 0 saturated heterocycles. The molecular weight excluding hydrogens is 472 g/mol. The van der Waals surface area contributed by atoms with Gasteiger partial charge in [0.25, 0.3) is 0 Å². The van der Waals surface area contributed by atoms with Crippen LogP contribution < -0.4 is 4.74 Å². The molecule has 36 heavy (non-hydrogen) atoms. The number of aliphatic hydroxyl groups is 1. The number of methoxy groups -OCH3 is 1. The third-order valence-corrected chi connectivity index (χ3v) is 8.21. The second kappa shape index (κ2) is 10.1. The van der Waals surface area contributed by atoms with Crippen LogP contribution in [0.2, 0.25) is 0 Å². The average Bonchev–Trinajstić information content (AvgIpc) is 3.22. The molecule has 5 aromatic rings. The van der Waals surface area contributed by atoms with Gasteiger partial charge in [-0.25, -0.2) is 8.42 Å². The minimum Gasteiger partial charge on any atom is -0.497 e. The number of hydrogen-bond acceptors (Lipinski definition) is 4. The Hall–Kier alpha value is -3.65. The molecule has 0 aliphatic carbocycles. The largest absolute Gasteiger partial charge is 0.497 e. The number of rotatable bonds is 9. The number of ether oxygens (including phenoxy) is 1. The molecular formula is C29H28N2O4S. The van der Waals surface area contributed by atoms with E-state index in [9.17, 15) is 13.5 Å². The van der Waals surface area contributed by atoms with E-state index in [1.807, 2.05) is 66.7 Å². The van der Waals surface area contributed by atoms with Crippen molar-refractivity contribution in [3.63, 3.8) is 0 Å². The lowest BCUT2D eigenvalue weighted by Crippen LogP contribution is -2.38. The highest BCUT2D eigenvalue weighted by atomic mass is 32.2. The summed E-state index contributed by atoms with van der Waals surface area (Å²) < 4.78 is 35.9. The quantitative estimate of drug-likeness (QED) is 0.307. The van der Waals surface area contributed by atoms with E-state index in [2.05, 4.69) is 16.7 Å². The van der Waals surface area contributed by atoms with Crippen LogP contribution in [0.1, 0.15) is 5.56 Å². The van der Waals surface area contributed by atoms with Crippen molar-refractivity contribution in [2.24, 2.45) is 0 Å². The number of para-hydroxylation sites is 2. The maximum absolute atomic E-state index is 13.7. The minimum atomic E-state index is -3.87. The number of fused-ring (bicyclic) bond motifs is 3. The highest BCUT2D eigenvalue weighted by Crippen LogP contribution is 2.29. The van der Waals surface area contributed by atoms with Crippen LogP contribution in [0.4, 0.5) is 0 Å². The van der Waals surface area contributed by atoms with Gasteiger partial charge in [0.05, 0.1) is 24.7 Å². The van der Waals surface area contributed by atoms with E-state index in [0.717, 1.165) is 27.4 Å². The second-order valence-electron chi connectivity index (χ2n) is 8.76. The number of aromatic nitrogens is 1. The molecule has 1 unspecified atom stereocenters. The second-order valence-corrected chi connectivity index (χ2v) is 10.7. The van der Waals surface area contributed by atoms with Gasteiger partial charge in [-0.2, -0.15) is 4.31 Å². The van der Waals surface area contributed by atoms with E-state index in [0.29, 0.717) is 5.75 Å². The maximum atomic E-state index is 13.7. The molecule has 0 spiro atoms. The Morgan fingerprint density at radius 3 is 1.94 bits per heavy atom. The van der Waals surface area contributed by atoms with Crippen molar-refractivity contribution in [1.82, 2.24) is 8.87 Å². The van der Waals surface area contributed by atoms with Crippen molar-refractivity contribution >= 4 is 31.8 Å². The van der Waals surface area contributed by atoms with Crippen molar-refractivity contribution < 1.29 is 18.3 Å². The zero-order valence-corrected chi connectivity index (χ0v) is 20.8. The fourth-order valence-electron chi connectivity index (χ4n) is 4.64. The van der Waals surface area contributed by atoms with Gasteiger partial charge in [0.15, 0.2) is 0 Å². The number of benzene rings is 4. The third-order valence-electron chi connectivity index (χ3n) is 6.39. The predicted octanol–water partition coefficient (Wildman–Crippen LogP) is 5.06. The lowest BCUT2D eigenvalue weighted by Gasteiger charge is -2.25. The van der Waals surface area contributed by atoms with Crippen LogP contribution in [-0.2, 0) is 23.1 Å². The molecule has 1 atom stereocenters. The van der Waals surface area contributed by atoms with Gasteiger partial charge in [-0.3, -0.25) is 0 Å². The summed E-state index contributed by atoms with van der Waals surface area (Å²) in [6.07, 6.45) is -0.930. The smallest absolute Gasteiger partial charge is 0.243 e. The van der Waals surface area contributed by atoms with Crippen molar-refractivity contribution in [3.8, 4) is 5.75 Å². The molecule has 0 aliphatic rings. The van der Waals surface area contributed by atoms with E-state index in [-0.39, 0.29) is 24.5 Å². The van der Waals surface area contributed by atoms with Crippen LogP contribution in [0.3, 0.4) is 0 Å². The van der Waals surface area contributed by atoms with Crippen molar-refractivity contribution in [2.45, 2.75) is 24.1 Å². The predicted molar refractivity (Wildman–Crippen MR) is 142 cm³/mol. The van der Waals surface area contributed by atoms with Crippen LogP contribution in [0.5, 0.6) is 5.75 Å². The van der Waals surface area contributed by atoms with Gasteiger partial charge in [0.2, 0.25) is 10.0 Å². The molecule has 1 N–H and O–H groups in total. The first-order valence-electron chi connectivity index (χ1n) is 11.8. The number of nitrogens with zero attached hydrogens (tertiary/aromatic N) is 2. The van der Waals surface area contributed by atoms with Gasteiger partial charge in [-0.1, -0.05) is 66.7 Å².